The number of hydrogen-bond acceptors (Lipinski definition) is 3. The Kier molecular flexibility index (Phi) is 6.39. The van der Waals surface area contributed by atoms with Gasteiger partial charge in [0.1, 0.15) is 6.61 Å². The van der Waals surface area contributed by atoms with Crippen LogP contribution in [-0.4, -0.2) is 25.9 Å². The molecule has 1 aliphatic carbocycles. The summed E-state index contributed by atoms with van der Waals surface area (Å²) in [6, 6.07) is 3.16. The van der Waals surface area contributed by atoms with Crippen molar-refractivity contribution in [3.05, 3.63) is 29.3 Å². The first-order valence-corrected chi connectivity index (χ1v) is 7.62. The minimum atomic E-state index is -0.656. The molecule has 1 fully saturated rings. The fourth-order valence-corrected chi connectivity index (χ4v) is 1.95. The van der Waals surface area contributed by atoms with Crippen molar-refractivity contribution in [2.45, 2.75) is 45.2 Å². The summed E-state index contributed by atoms with van der Waals surface area (Å²) in [5.74, 6) is -1.63. The summed E-state index contributed by atoms with van der Waals surface area (Å²) in [5.41, 5.74) is 0.600. The molecule has 0 heterocycles. The van der Waals surface area contributed by atoms with E-state index in [-0.39, 0.29) is 12.4 Å². The van der Waals surface area contributed by atoms with E-state index in [9.17, 15) is 8.78 Å². The minimum absolute atomic E-state index is 0.150. The van der Waals surface area contributed by atoms with Crippen LogP contribution in [0.4, 0.5) is 8.78 Å². The Morgan fingerprint density at radius 3 is 2.48 bits per heavy atom. The van der Waals surface area contributed by atoms with Gasteiger partial charge < -0.3 is 14.8 Å². The number of rotatable bonds is 10. The highest BCUT2D eigenvalue weighted by Gasteiger charge is 2.20. The van der Waals surface area contributed by atoms with Crippen molar-refractivity contribution in [1.82, 2.24) is 5.32 Å². The van der Waals surface area contributed by atoms with Gasteiger partial charge in [0.15, 0.2) is 17.4 Å². The predicted molar refractivity (Wildman–Crippen MR) is 77.4 cm³/mol. The summed E-state index contributed by atoms with van der Waals surface area (Å²) in [6.45, 7) is 3.70. The second-order valence-electron chi connectivity index (χ2n) is 5.36. The molecule has 0 radical (unpaired) electrons. The number of hydrogen-bond donors (Lipinski definition) is 1. The number of benzene rings is 1. The van der Waals surface area contributed by atoms with E-state index in [1.807, 2.05) is 0 Å². The van der Waals surface area contributed by atoms with E-state index in [4.69, 9.17) is 9.47 Å². The molecule has 1 N–H and O–H groups in total. The molecule has 0 amide bonds. The summed E-state index contributed by atoms with van der Waals surface area (Å²) >= 11 is 0. The molecule has 1 aromatic rings. The first kappa shape index (κ1) is 16.2. The van der Waals surface area contributed by atoms with Crippen LogP contribution in [0.25, 0.3) is 0 Å². The first-order valence-electron chi connectivity index (χ1n) is 7.62. The normalized spacial score (nSPS) is 14.4. The summed E-state index contributed by atoms with van der Waals surface area (Å²) in [7, 11) is 0. The smallest absolute Gasteiger partial charge is 0.190 e. The van der Waals surface area contributed by atoms with Crippen LogP contribution in [0.2, 0.25) is 0 Å². The quantitative estimate of drug-likeness (QED) is 0.672. The van der Waals surface area contributed by atoms with Gasteiger partial charge in [0.05, 0.1) is 6.61 Å². The maximum Gasteiger partial charge on any atom is 0.190 e. The predicted octanol–water partition coefficient (Wildman–Crippen LogP) is 3.41. The molecule has 1 aliphatic rings. The summed E-state index contributed by atoms with van der Waals surface area (Å²) in [4.78, 5) is 0. The maximum absolute atomic E-state index is 13.8. The lowest BCUT2D eigenvalue weighted by Crippen LogP contribution is -2.16. The lowest BCUT2D eigenvalue weighted by molar-refractivity contribution is 0.0951. The van der Waals surface area contributed by atoms with Gasteiger partial charge in [-0.2, -0.15) is 0 Å². The zero-order valence-electron chi connectivity index (χ0n) is 12.5. The Hall–Kier alpha value is -1.20. The van der Waals surface area contributed by atoms with Gasteiger partial charge in [-0.05, 0) is 37.0 Å². The molecule has 1 saturated carbocycles. The number of halogens is 2. The van der Waals surface area contributed by atoms with Crippen LogP contribution < -0.4 is 10.1 Å². The molecule has 0 spiro atoms. The lowest BCUT2D eigenvalue weighted by Gasteiger charge is -2.11. The Balaban J connectivity index is 1.78. The van der Waals surface area contributed by atoms with Gasteiger partial charge in [-0.3, -0.25) is 0 Å². The van der Waals surface area contributed by atoms with Crippen molar-refractivity contribution in [3.8, 4) is 5.75 Å². The van der Waals surface area contributed by atoms with E-state index in [0.717, 1.165) is 25.7 Å². The van der Waals surface area contributed by atoms with Gasteiger partial charge in [0.2, 0.25) is 0 Å². The van der Waals surface area contributed by atoms with Gasteiger partial charge in [-0.25, -0.2) is 8.78 Å². The molecule has 5 heteroatoms. The summed E-state index contributed by atoms with van der Waals surface area (Å²) in [6.07, 6.45) is 4.32. The second kappa shape index (κ2) is 8.29. The van der Waals surface area contributed by atoms with Crippen LogP contribution in [0, 0.1) is 11.6 Å². The molecule has 0 aliphatic heterocycles. The van der Waals surface area contributed by atoms with Crippen molar-refractivity contribution < 1.29 is 18.3 Å². The van der Waals surface area contributed by atoms with Crippen molar-refractivity contribution >= 4 is 0 Å². The molecule has 1 aromatic carbocycles. The molecule has 0 atom stereocenters. The summed E-state index contributed by atoms with van der Waals surface area (Å²) in [5, 5.41) is 3.22. The summed E-state index contributed by atoms with van der Waals surface area (Å²) < 4.78 is 38.1. The molecule has 118 valence electrons. The molecule has 0 unspecified atom stereocenters. The molecule has 0 aromatic heterocycles. The molecule has 0 bridgehead atoms. The van der Waals surface area contributed by atoms with Crippen LogP contribution in [0.1, 0.15) is 38.2 Å². The Morgan fingerprint density at radius 1 is 1.14 bits per heavy atom. The maximum atomic E-state index is 13.8. The number of ether oxygens (including phenoxy) is 2. The Morgan fingerprint density at radius 2 is 1.86 bits per heavy atom. The van der Waals surface area contributed by atoms with Crippen LogP contribution >= 0.6 is 0 Å². The third-order valence-corrected chi connectivity index (χ3v) is 3.35. The van der Waals surface area contributed by atoms with Crippen LogP contribution in [-0.2, 0) is 11.3 Å². The largest absolute Gasteiger partial charge is 0.485 e. The van der Waals surface area contributed by atoms with Crippen LogP contribution in [0.5, 0.6) is 5.75 Å². The molecule has 3 nitrogen and oxygen atoms in total. The molecule has 2 rings (SSSR count). The van der Waals surface area contributed by atoms with Crippen LogP contribution in [0.3, 0.4) is 0 Å². The second-order valence-corrected chi connectivity index (χ2v) is 5.36. The van der Waals surface area contributed by atoms with Gasteiger partial charge in [-0.1, -0.05) is 13.3 Å². The van der Waals surface area contributed by atoms with Gasteiger partial charge in [0, 0.05) is 19.2 Å². The van der Waals surface area contributed by atoms with E-state index in [1.165, 1.54) is 12.1 Å². The highest BCUT2D eigenvalue weighted by molar-refractivity contribution is 5.31. The fourth-order valence-electron chi connectivity index (χ4n) is 1.95. The van der Waals surface area contributed by atoms with Crippen molar-refractivity contribution in [1.29, 1.82) is 0 Å². The van der Waals surface area contributed by atoms with Crippen molar-refractivity contribution in [3.63, 3.8) is 0 Å². The van der Waals surface area contributed by atoms with Gasteiger partial charge >= 0.3 is 0 Å². The number of nitrogens with one attached hydrogen (secondary N) is 1. The van der Waals surface area contributed by atoms with Crippen LogP contribution in [0.15, 0.2) is 12.1 Å². The van der Waals surface area contributed by atoms with E-state index in [0.29, 0.717) is 31.4 Å². The molecular weight excluding hydrogens is 276 g/mol. The van der Waals surface area contributed by atoms with E-state index in [1.54, 1.807) is 0 Å². The van der Waals surface area contributed by atoms with Crippen molar-refractivity contribution in [2.75, 3.05) is 19.8 Å². The average Bonchev–Trinajstić information content (AvgIpc) is 3.27. The van der Waals surface area contributed by atoms with E-state index in [2.05, 4.69) is 12.2 Å². The highest BCUT2D eigenvalue weighted by atomic mass is 19.1. The van der Waals surface area contributed by atoms with Crippen molar-refractivity contribution in [2.24, 2.45) is 0 Å². The average molecular weight is 299 g/mol. The van der Waals surface area contributed by atoms with E-state index < -0.39 is 11.6 Å². The fraction of sp³-hybridized carbons (Fsp3) is 0.625. The van der Waals surface area contributed by atoms with Gasteiger partial charge in [0.25, 0.3) is 0 Å². The zero-order valence-corrected chi connectivity index (χ0v) is 12.5. The monoisotopic (exact) mass is 299 g/mol. The first-order chi connectivity index (χ1) is 10.2. The topological polar surface area (TPSA) is 30.5 Å². The van der Waals surface area contributed by atoms with Gasteiger partial charge in [-0.15, -0.1) is 0 Å². The SMILES string of the molecule is CCCCOCCOc1c(F)cc(CNC2CC2)cc1F. The number of unbranched alkanes of at least 4 members (excludes halogenated alkanes) is 1. The lowest BCUT2D eigenvalue weighted by atomic mass is 10.2. The third kappa shape index (κ3) is 5.59. The molecular formula is C16H23F2NO2. The Bertz CT molecular complexity index is 427. The third-order valence-electron chi connectivity index (χ3n) is 3.35. The Labute approximate surface area is 124 Å². The van der Waals surface area contributed by atoms with E-state index >= 15 is 0 Å². The zero-order chi connectivity index (χ0) is 15.1. The molecule has 0 saturated heterocycles. The molecule has 21 heavy (non-hydrogen) atoms. The standard InChI is InChI=1S/C16H23F2NO2/c1-2-3-6-20-7-8-21-16-14(17)9-12(10-15(16)18)11-19-13-4-5-13/h9-10,13,19H,2-8,11H2,1H3. The minimum Gasteiger partial charge on any atom is -0.485 e. The highest BCUT2D eigenvalue weighted by Crippen LogP contribution is 2.24.